The summed E-state index contributed by atoms with van der Waals surface area (Å²) in [6.45, 7) is 3.76. The van der Waals surface area contributed by atoms with Crippen molar-refractivity contribution in [2.45, 2.75) is 32.2 Å². The summed E-state index contributed by atoms with van der Waals surface area (Å²) in [4.78, 5) is 25.5. The van der Waals surface area contributed by atoms with Crippen molar-refractivity contribution in [1.29, 1.82) is 0 Å². The van der Waals surface area contributed by atoms with E-state index in [0.717, 1.165) is 24.8 Å². The van der Waals surface area contributed by atoms with E-state index in [4.69, 9.17) is 16.3 Å². The van der Waals surface area contributed by atoms with Gasteiger partial charge in [0.25, 0.3) is 0 Å². The fraction of sp³-hybridized carbons (Fsp3) is 0.556. The summed E-state index contributed by atoms with van der Waals surface area (Å²) in [5.74, 6) is 0.206. The molecule has 25 heavy (non-hydrogen) atoms. The third-order valence-corrected chi connectivity index (χ3v) is 4.34. The molecule has 0 radical (unpaired) electrons. The zero-order valence-corrected chi connectivity index (χ0v) is 15.2. The minimum atomic E-state index is -0.181. The Morgan fingerprint density at radius 1 is 1.04 bits per heavy atom. The fourth-order valence-electron chi connectivity index (χ4n) is 2.60. The molecule has 0 aromatic heterocycles. The van der Waals surface area contributed by atoms with Crippen molar-refractivity contribution in [3.8, 4) is 0 Å². The Labute approximate surface area is 153 Å². The number of benzene rings is 1. The molecule has 6 nitrogen and oxygen atoms in total. The van der Waals surface area contributed by atoms with E-state index in [9.17, 15) is 9.59 Å². The summed E-state index contributed by atoms with van der Waals surface area (Å²) in [6.07, 6.45) is 3.21. The van der Waals surface area contributed by atoms with E-state index in [0.29, 0.717) is 50.8 Å². The number of halogens is 1. The summed E-state index contributed by atoms with van der Waals surface area (Å²) in [6, 6.07) is 7.19. The molecule has 0 unspecified atom stereocenters. The lowest BCUT2D eigenvalue weighted by Gasteiger charge is -2.26. The van der Waals surface area contributed by atoms with Crippen LogP contribution in [0.2, 0.25) is 5.02 Å². The van der Waals surface area contributed by atoms with Gasteiger partial charge in [-0.2, -0.15) is 0 Å². The van der Waals surface area contributed by atoms with Gasteiger partial charge in [-0.15, -0.1) is 0 Å². The minimum absolute atomic E-state index is 0.181. The largest absolute Gasteiger partial charge is 0.378 e. The van der Waals surface area contributed by atoms with Gasteiger partial charge in [-0.25, -0.2) is 4.79 Å². The first-order valence-electron chi connectivity index (χ1n) is 8.77. The van der Waals surface area contributed by atoms with Gasteiger partial charge in [0.1, 0.15) is 0 Å². The topological polar surface area (TPSA) is 70.7 Å². The molecule has 2 N–H and O–H groups in total. The summed E-state index contributed by atoms with van der Waals surface area (Å²) < 4.78 is 5.24. The third kappa shape index (κ3) is 7.75. The van der Waals surface area contributed by atoms with Crippen LogP contribution in [0, 0.1) is 0 Å². The van der Waals surface area contributed by atoms with Crippen LogP contribution in [0.3, 0.4) is 0 Å². The second kappa shape index (κ2) is 10.9. The number of urea groups is 1. The minimum Gasteiger partial charge on any atom is -0.378 e. The van der Waals surface area contributed by atoms with Crippen LogP contribution in [0.15, 0.2) is 24.3 Å². The standard InChI is InChI=1S/C18H26ClN3O3/c19-16-7-5-15(6-8-16)14-21-18(24)20-9-3-1-2-4-17(23)22-10-12-25-13-11-22/h5-8H,1-4,9-14H2,(H2,20,21,24). The van der Waals surface area contributed by atoms with E-state index in [2.05, 4.69) is 10.6 Å². The number of rotatable bonds is 8. The number of hydrogen-bond donors (Lipinski definition) is 2. The molecule has 1 fully saturated rings. The van der Waals surface area contributed by atoms with Crippen molar-refractivity contribution in [3.63, 3.8) is 0 Å². The third-order valence-electron chi connectivity index (χ3n) is 4.08. The highest BCUT2D eigenvalue weighted by molar-refractivity contribution is 6.30. The Bertz CT molecular complexity index is 545. The highest BCUT2D eigenvalue weighted by atomic mass is 35.5. The van der Waals surface area contributed by atoms with Crippen molar-refractivity contribution in [2.75, 3.05) is 32.8 Å². The van der Waals surface area contributed by atoms with Gasteiger partial charge in [-0.3, -0.25) is 4.79 Å². The number of nitrogens with zero attached hydrogens (tertiary/aromatic N) is 1. The quantitative estimate of drug-likeness (QED) is 0.694. The molecule has 1 aromatic rings. The van der Waals surface area contributed by atoms with E-state index in [-0.39, 0.29) is 11.9 Å². The summed E-state index contributed by atoms with van der Waals surface area (Å²) >= 11 is 5.82. The fourth-order valence-corrected chi connectivity index (χ4v) is 2.72. The number of hydrogen-bond acceptors (Lipinski definition) is 3. The first-order valence-corrected chi connectivity index (χ1v) is 9.14. The summed E-state index contributed by atoms with van der Waals surface area (Å²) in [5, 5.41) is 6.31. The molecule has 3 amide bonds. The smallest absolute Gasteiger partial charge is 0.315 e. The second-order valence-corrected chi connectivity index (χ2v) is 6.48. The highest BCUT2D eigenvalue weighted by Gasteiger charge is 2.15. The Balaban J connectivity index is 1.47. The molecule has 1 saturated heterocycles. The molecule has 138 valence electrons. The molecule has 7 heteroatoms. The van der Waals surface area contributed by atoms with Crippen molar-refractivity contribution >= 4 is 23.5 Å². The van der Waals surface area contributed by atoms with E-state index in [1.807, 2.05) is 17.0 Å². The number of ether oxygens (including phenoxy) is 1. The van der Waals surface area contributed by atoms with Crippen molar-refractivity contribution in [1.82, 2.24) is 15.5 Å². The van der Waals surface area contributed by atoms with Gasteiger partial charge in [0.05, 0.1) is 13.2 Å². The van der Waals surface area contributed by atoms with Crippen LogP contribution >= 0.6 is 11.6 Å². The molecule has 0 saturated carbocycles. The van der Waals surface area contributed by atoms with Gasteiger partial charge in [0.15, 0.2) is 0 Å². The van der Waals surface area contributed by atoms with E-state index < -0.39 is 0 Å². The Kier molecular flexibility index (Phi) is 8.55. The van der Waals surface area contributed by atoms with Crippen LogP contribution < -0.4 is 10.6 Å². The molecule has 2 rings (SSSR count). The normalized spacial score (nSPS) is 14.2. The first kappa shape index (κ1) is 19.5. The molecule has 1 heterocycles. The molecular formula is C18H26ClN3O3. The maximum atomic E-state index is 12.0. The van der Waals surface area contributed by atoms with E-state index >= 15 is 0 Å². The monoisotopic (exact) mass is 367 g/mol. The molecule has 0 bridgehead atoms. The van der Waals surface area contributed by atoms with Gasteiger partial charge in [0.2, 0.25) is 5.91 Å². The molecule has 0 spiro atoms. The van der Waals surface area contributed by atoms with Crippen LogP contribution in [-0.2, 0) is 16.1 Å². The molecule has 1 aliphatic heterocycles. The number of nitrogens with one attached hydrogen (secondary N) is 2. The average molecular weight is 368 g/mol. The SMILES string of the molecule is O=C(NCCCCCC(=O)N1CCOCC1)NCc1ccc(Cl)cc1. The molecule has 1 aromatic carbocycles. The molecular weight excluding hydrogens is 342 g/mol. The van der Waals surface area contributed by atoms with Crippen molar-refractivity contribution in [3.05, 3.63) is 34.9 Å². The highest BCUT2D eigenvalue weighted by Crippen LogP contribution is 2.09. The van der Waals surface area contributed by atoms with E-state index in [1.54, 1.807) is 12.1 Å². The Morgan fingerprint density at radius 2 is 1.76 bits per heavy atom. The van der Waals surface area contributed by atoms with Gasteiger partial charge in [0, 0.05) is 37.6 Å². The van der Waals surface area contributed by atoms with Gasteiger partial charge >= 0.3 is 6.03 Å². The second-order valence-electron chi connectivity index (χ2n) is 6.04. The first-order chi connectivity index (χ1) is 12.1. The van der Waals surface area contributed by atoms with Crippen molar-refractivity contribution in [2.24, 2.45) is 0 Å². The number of morpholine rings is 1. The van der Waals surface area contributed by atoms with Crippen LogP contribution in [-0.4, -0.2) is 49.7 Å². The average Bonchev–Trinajstić information content (AvgIpc) is 2.64. The van der Waals surface area contributed by atoms with Gasteiger partial charge in [-0.05, 0) is 30.5 Å². The maximum absolute atomic E-state index is 12.0. The Hall–Kier alpha value is -1.79. The lowest BCUT2D eigenvalue weighted by atomic mass is 10.1. The summed E-state index contributed by atoms with van der Waals surface area (Å²) in [7, 11) is 0. The lowest BCUT2D eigenvalue weighted by Crippen LogP contribution is -2.40. The molecule has 1 aliphatic rings. The van der Waals surface area contributed by atoms with E-state index in [1.165, 1.54) is 0 Å². The summed E-state index contributed by atoms with van der Waals surface area (Å²) in [5.41, 5.74) is 1.00. The number of unbranched alkanes of at least 4 members (excludes halogenated alkanes) is 2. The molecule has 0 aliphatic carbocycles. The van der Waals surface area contributed by atoms with Crippen LogP contribution in [0.4, 0.5) is 4.79 Å². The number of carbonyl (C=O) groups excluding carboxylic acids is 2. The maximum Gasteiger partial charge on any atom is 0.315 e. The van der Waals surface area contributed by atoms with Gasteiger partial charge in [-0.1, -0.05) is 30.2 Å². The van der Waals surface area contributed by atoms with Crippen LogP contribution in [0.5, 0.6) is 0 Å². The Morgan fingerprint density at radius 3 is 2.48 bits per heavy atom. The zero-order valence-electron chi connectivity index (χ0n) is 14.4. The predicted octanol–water partition coefficient (Wildman–Crippen LogP) is 2.56. The van der Waals surface area contributed by atoms with Crippen molar-refractivity contribution < 1.29 is 14.3 Å². The lowest BCUT2D eigenvalue weighted by molar-refractivity contribution is -0.135. The van der Waals surface area contributed by atoms with Gasteiger partial charge < -0.3 is 20.3 Å². The number of amides is 3. The number of carbonyl (C=O) groups is 2. The predicted molar refractivity (Wildman–Crippen MR) is 97.6 cm³/mol. The molecule has 0 atom stereocenters. The van der Waals surface area contributed by atoms with Crippen LogP contribution in [0.1, 0.15) is 31.2 Å². The van der Waals surface area contributed by atoms with Crippen LogP contribution in [0.25, 0.3) is 0 Å². The zero-order chi connectivity index (χ0) is 17.9.